The Morgan fingerprint density at radius 3 is 1.39 bits per heavy atom. The first-order valence-corrected chi connectivity index (χ1v) is 13.8. The Labute approximate surface area is 225 Å². The number of nitriles is 1. The molecule has 6 heteroatoms. The highest BCUT2D eigenvalue weighted by Crippen LogP contribution is 2.51. The quantitative estimate of drug-likeness (QED) is 0.209. The molecule has 0 saturated heterocycles. The first kappa shape index (κ1) is 21.2. The van der Waals surface area contributed by atoms with Gasteiger partial charge in [-0.15, -0.1) is 22.7 Å². The summed E-state index contributed by atoms with van der Waals surface area (Å²) >= 11 is 3.08. The highest BCUT2D eigenvalue weighted by molar-refractivity contribution is 7.31. The average Bonchev–Trinajstić information content (AvgIpc) is 3.68. The summed E-state index contributed by atoms with van der Waals surface area (Å²) in [5, 5.41) is 16.8. The zero-order valence-electron chi connectivity index (χ0n) is 19.8. The van der Waals surface area contributed by atoms with Gasteiger partial charge in [0.15, 0.2) is 0 Å². The van der Waals surface area contributed by atoms with Crippen LogP contribution in [0.5, 0.6) is 0 Å². The molecule has 0 aliphatic heterocycles. The van der Waals surface area contributed by atoms with Gasteiger partial charge in [0, 0.05) is 21.5 Å². The highest BCUT2D eigenvalue weighted by atomic mass is 32.1. The monoisotopic (exact) mass is 520 g/mol. The Balaban J connectivity index is 1.48. The van der Waals surface area contributed by atoms with Crippen LogP contribution < -0.4 is 0 Å². The van der Waals surface area contributed by atoms with Crippen molar-refractivity contribution in [2.45, 2.75) is 0 Å². The molecule has 0 amide bonds. The van der Waals surface area contributed by atoms with Gasteiger partial charge in [-0.2, -0.15) is 5.26 Å². The molecule has 0 radical (unpaired) electrons. The van der Waals surface area contributed by atoms with E-state index in [9.17, 15) is 5.26 Å². The van der Waals surface area contributed by atoms with Gasteiger partial charge in [0.1, 0.15) is 21.6 Å². The summed E-state index contributed by atoms with van der Waals surface area (Å²) < 4.78 is 6.12. The Morgan fingerprint density at radius 2 is 0.974 bits per heavy atom. The minimum atomic E-state index is 0.602. The van der Waals surface area contributed by atoms with Crippen LogP contribution >= 0.6 is 22.7 Å². The van der Waals surface area contributed by atoms with Gasteiger partial charge in [-0.25, -0.2) is 4.85 Å². The van der Waals surface area contributed by atoms with Crippen LogP contribution in [0.25, 0.3) is 67.9 Å². The van der Waals surface area contributed by atoms with Gasteiger partial charge in [0.2, 0.25) is 5.69 Å². The van der Waals surface area contributed by atoms with E-state index in [0.717, 1.165) is 63.0 Å². The van der Waals surface area contributed by atoms with Gasteiger partial charge in [0.05, 0.1) is 38.0 Å². The molecule has 8 aromatic rings. The third-order valence-corrected chi connectivity index (χ3v) is 9.74. The minimum absolute atomic E-state index is 0.602. The van der Waals surface area contributed by atoms with E-state index in [4.69, 9.17) is 6.57 Å². The molecule has 4 heterocycles. The predicted octanol–water partition coefficient (Wildman–Crippen LogP) is 9.58. The van der Waals surface area contributed by atoms with Crippen molar-refractivity contribution in [1.82, 2.24) is 9.13 Å². The number of thiophene rings is 2. The molecule has 0 fully saturated rings. The number of benzene rings is 4. The average molecular weight is 521 g/mol. The topological polar surface area (TPSA) is 38.0 Å². The number of hydrogen-bond donors (Lipinski definition) is 0. The summed E-state index contributed by atoms with van der Waals surface area (Å²) in [6.45, 7) is 8.21. The van der Waals surface area contributed by atoms with Crippen LogP contribution in [0.3, 0.4) is 0 Å². The van der Waals surface area contributed by atoms with Gasteiger partial charge in [-0.3, -0.25) is 4.57 Å². The van der Waals surface area contributed by atoms with Crippen LogP contribution in [0, 0.1) is 17.9 Å². The van der Waals surface area contributed by atoms with E-state index in [1.165, 1.54) is 22.7 Å². The van der Waals surface area contributed by atoms with Crippen LogP contribution in [-0.4, -0.2) is 9.13 Å². The van der Waals surface area contributed by atoms with E-state index >= 15 is 0 Å². The van der Waals surface area contributed by atoms with Crippen molar-refractivity contribution < 1.29 is 0 Å². The van der Waals surface area contributed by atoms with Crippen LogP contribution in [0.15, 0.2) is 97.1 Å². The molecule has 0 bridgehead atoms. The smallest absolute Gasteiger partial charge is 0.238 e. The second-order valence-electron chi connectivity index (χ2n) is 9.16. The van der Waals surface area contributed by atoms with Gasteiger partial charge in [0.25, 0.3) is 0 Å². The maximum absolute atomic E-state index is 10.5. The third-order valence-electron chi connectivity index (χ3n) is 7.25. The highest BCUT2D eigenvalue weighted by Gasteiger charge is 2.26. The number of para-hydroxylation sites is 4. The van der Waals surface area contributed by atoms with Crippen molar-refractivity contribution >= 4 is 81.4 Å². The number of rotatable bonds is 2. The molecule has 38 heavy (non-hydrogen) atoms. The zero-order chi connectivity index (χ0) is 25.4. The Kier molecular flexibility index (Phi) is 4.36. The fourth-order valence-electron chi connectivity index (χ4n) is 5.69. The number of fused-ring (bicyclic) bond motifs is 7. The number of aromatic nitrogens is 2. The van der Waals surface area contributed by atoms with Crippen LogP contribution in [0.1, 0.15) is 5.56 Å². The zero-order valence-corrected chi connectivity index (χ0v) is 21.5. The second-order valence-corrected chi connectivity index (χ2v) is 11.2. The first-order chi connectivity index (χ1) is 18.8. The maximum atomic E-state index is 10.5. The van der Waals surface area contributed by atoms with Crippen molar-refractivity contribution in [2.24, 2.45) is 0 Å². The van der Waals surface area contributed by atoms with E-state index in [1.54, 1.807) is 0 Å². The molecule has 8 rings (SSSR count). The summed E-state index contributed by atoms with van der Waals surface area (Å²) in [7, 11) is 0. The lowest BCUT2D eigenvalue weighted by atomic mass is 10.2. The van der Waals surface area contributed by atoms with Crippen molar-refractivity contribution in [1.29, 1.82) is 5.26 Å². The lowest BCUT2D eigenvalue weighted by Crippen LogP contribution is -1.93. The summed E-state index contributed by atoms with van der Waals surface area (Å²) in [4.78, 5) is 4.05. The lowest BCUT2D eigenvalue weighted by molar-refractivity contribution is 1.21. The van der Waals surface area contributed by atoms with Gasteiger partial charge < -0.3 is 4.57 Å². The van der Waals surface area contributed by atoms with Crippen LogP contribution in [0.4, 0.5) is 5.69 Å². The normalized spacial score (nSPS) is 11.6. The largest absolute Gasteiger partial charge is 0.310 e. The standard InChI is InChI=1S/C32H16N4S2/c1-34-28-30-29(37-32(28)36-26-16-8-4-12-21(26)22-13-5-9-17-27(22)36)23(18-33)31(38-30)35-24-14-6-2-10-19(24)20-11-3-7-15-25(20)35/h2-17H. The molecule has 4 nitrogen and oxygen atoms in total. The van der Waals surface area contributed by atoms with E-state index in [0.29, 0.717) is 11.3 Å². The summed E-state index contributed by atoms with van der Waals surface area (Å²) in [5.41, 5.74) is 5.47. The van der Waals surface area contributed by atoms with Crippen molar-refractivity contribution in [3.8, 4) is 16.1 Å². The van der Waals surface area contributed by atoms with Crippen LogP contribution in [0.2, 0.25) is 0 Å². The molecule has 0 N–H and O–H groups in total. The summed E-state index contributed by atoms with van der Waals surface area (Å²) in [5.74, 6) is 0. The van der Waals surface area contributed by atoms with Gasteiger partial charge >= 0.3 is 0 Å². The fraction of sp³-hybridized carbons (Fsp3) is 0. The molecule has 0 aliphatic rings. The Bertz CT molecular complexity index is 2060. The molecule has 176 valence electrons. The van der Waals surface area contributed by atoms with Crippen molar-refractivity contribution in [2.75, 3.05) is 0 Å². The molecule has 4 aromatic heterocycles. The number of hydrogen-bond acceptors (Lipinski definition) is 3. The second kappa shape index (κ2) is 7.81. The van der Waals surface area contributed by atoms with Crippen LogP contribution in [-0.2, 0) is 0 Å². The Morgan fingerprint density at radius 1 is 0.579 bits per heavy atom. The SMILES string of the molecule is [C-]#[N+]c1c(-n2c3ccccc3c3ccccc32)sc2c(C#N)c(-n3c4ccccc4c4ccccc43)sc12. The third kappa shape index (κ3) is 2.65. The summed E-state index contributed by atoms with van der Waals surface area (Å²) in [6.07, 6.45) is 0. The van der Waals surface area contributed by atoms with Gasteiger partial charge in [-0.05, 0) is 24.3 Å². The van der Waals surface area contributed by atoms with E-state index < -0.39 is 0 Å². The lowest BCUT2D eigenvalue weighted by Gasteiger charge is -2.07. The van der Waals surface area contributed by atoms with Crippen molar-refractivity contribution in [3.05, 3.63) is 114 Å². The first-order valence-electron chi connectivity index (χ1n) is 12.1. The van der Waals surface area contributed by atoms with E-state index in [-0.39, 0.29) is 0 Å². The summed E-state index contributed by atoms with van der Waals surface area (Å²) in [6, 6.07) is 35.8. The Hall–Kier alpha value is -4.88. The molecule has 0 saturated carbocycles. The van der Waals surface area contributed by atoms with Crippen molar-refractivity contribution in [3.63, 3.8) is 0 Å². The molecule has 0 unspecified atom stereocenters. The maximum Gasteiger partial charge on any atom is 0.238 e. The van der Waals surface area contributed by atoms with E-state index in [1.807, 2.05) is 48.5 Å². The molecule has 4 aromatic carbocycles. The fourth-order valence-corrected chi connectivity index (χ4v) is 8.39. The number of nitrogens with zero attached hydrogens (tertiary/aromatic N) is 4. The molecular weight excluding hydrogens is 505 g/mol. The van der Waals surface area contributed by atoms with Gasteiger partial charge in [-0.1, -0.05) is 72.8 Å². The molecule has 0 spiro atoms. The minimum Gasteiger partial charge on any atom is -0.310 e. The molecule has 0 atom stereocenters. The predicted molar refractivity (Wildman–Crippen MR) is 159 cm³/mol. The molecule has 0 aliphatic carbocycles. The molecular formula is C32H16N4S2. The van der Waals surface area contributed by atoms with E-state index in [2.05, 4.69) is 68.6 Å².